The average molecular weight is 353 g/mol. The van der Waals surface area contributed by atoms with Crippen molar-refractivity contribution in [1.29, 1.82) is 0 Å². The van der Waals surface area contributed by atoms with Crippen molar-refractivity contribution in [3.05, 3.63) is 46.2 Å². The second-order valence-corrected chi connectivity index (χ2v) is 7.08. The van der Waals surface area contributed by atoms with E-state index in [0.717, 1.165) is 32.1 Å². The highest BCUT2D eigenvalue weighted by atomic mass is 32.1. The molecule has 2 nitrogen and oxygen atoms in total. The molecule has 1 aromatic carbocycles. The number of hydrogen-bond donors (Lipinski definition) is 1. The van der Waals surface area contributed by atoms with E-state index < -0.39 is 17.0 Å². The molecule has 1 N–H and O–H groups in total. The van der Waals surface area contributed by atoms with Crippen molar-refractivity contribution in [3.8, 4) is 11.1 Å². The third kappa shape index (κ3) is 3.80. The van der Waals surface area contributed by atoms with E-state index in [4.69, 9.17) is 0 Å². The molecule has 1 saturated carbocycles. The molecule has 3 rings (SSSR count). The van der Waals surface area contributed by atoms with Crippen LogP contribution in [0.15, 0.2) is 36.4 Å². The molecule has 0 spiro atoms. The van der Waals surface area contributed by atoms with Crippen molar-refractivity contribution in [1.82, 2.24) is 5.32 Å². The summed E-state index contributed by atoms with van der Waals surface area (Å²) in [6.45, 7) is 0. The topological polar surface area (TPSA) is 29.1 Å². The van der Waals surface area contributed by atoms with Gasteiger partial charge in [0.05, 0.1) is 4.88 Å². The first-order chi connectivity index (χ1) is 11.4. The molecule has 128 valence electrons. The number of hydrogen-bond acceptors (Lipinski definition) is 2. The monoisotopic (exact) mass is 353 g/mol. The molecule has 1 amide bonds. The first-order valence-corrected chi connectivity index (χ1v) is 8.84. The van der Waals surface area contributed by atoms with Gasteiger partial charge < -0.3 is 5.32 Å². The van der Waals surface area contributed by atoms with Gasteiger partial charge in [-0.15, -0.1) is 11.3 Å². The lowest BCUT2D eigenvalue weighted by molar-refractivity contribution is -0.133. The summed E-state index contributed by atoms with van der Waals surface area (Å²) in [5, 5.41) is 2.88. The Morgan fingerprint density at radius 3 is 2.38 bits per heavy atom. The molecule has 1 aliphatic carbocycles. The predicted molar refractivity (Wildman–Crippen MR) is 89.1 cm³/mol. The Bertz CT molecular complexity index is 703. The van der Waals surface area contributed by atoms with Crippen LogP contribution in [0.2, 0.25) is 0 Å². The van der Waals surface area contributed by atoms with Crippen LogP contribution in [0.3, 0.4) is 0 Å². The second kappa shape index (κ2) is 6.97. The maximum Gasteiger partial charge on any atom is 0.426 e. The summed E-state index contributed by atoms with van der Waals surface area (Å²) in [6, 6.07) is 9.81. The third-order valence-corrected chi connectivity index (χ3v) is 5.42. The lowest BCUT2D eigenvalue weighted by atomic mass is 9.95. The van der Waals surface area contributed by atoms with Crippen LogP contribution in [0.4, 0.5) is 13.2 Å². The van der Waals surface area contributed by atoms with Crippen molar-refractivity contribution >= 4 is 17.2 Å². The van der Waals surface area contributed by atoms with E-state index in [1.54, 1.807) is 30.3 Å². The summed E-state index contributed by atoms with van der Waals surface area (Å²) in [6.07, 6.45) is 0.585. The van der Waals surface area contributed by atoms with Gasteiger partial charge in [0, 0.05) is 11.6 Å². The molecule has 2 aromatic rings. The van der Waals surface area contributed by atoms with Gasteiger partial charge in [0.1, 0.15) is 4.88 Å². The minimum Gasteiger partial charge on any atom is -0.349 e. The molecular weight excluding hydrogens is 335 g/mol. The quantitative estimate of drug-likeness (QED) is 0.776. The number of carbonyl (C=O) groups excluding carboxylic acids is 1. The van der Waals surface area contributed by atoms with Gasteiger partial charge in [0.15, 0.2) is 0 Å². The molecule has 1 heterocycles. The number of amides is 1. The van der Waals surface area contributed by atoms with Crippen LogP contribution in [0, 0.1) is 0 Å². The molecule has 0 unspecified atom stereocenters. The highest BCUT2D eigenvalue weighted by Gasteiger charge is 2.37. The fourth-order valence-electron chi connectivity index (χ4n) is 3.05. The molecule has 0 aliphatic heterocycles. The Morgan fingerprint density at radius 1 is 1.08 bits per heavy atom. The SMILES string of the molecule is O=C(NC1CCCCC1)c1cc(-c2ccccc2)c(C(F)(F)F)s1. The van der Waals surface area contributed by atoms with E-state index in [1.165, 1.54) is 6.07 Å². The second-order valence-electron chi connectivity index (χ2n) is 6.03. The maximum atomic E-state index is 13.3. The van der Waals surface area contributed by atoms with Gasteiger partial charge in [-0.2, -0.15) is 13.2 Å². The van der Waals surface area contributed by atoms with Crippen LogP contribution < -0.4 is 5.32 Å². The fourth-order valence-corrected chi connectivity index (χ4v) is 4.00. The summed E-state index contributed by atoms with van der Waals surface area (Å²) in [4.78, 5) is 11.8. The fraction of sp³-hybridized carbons (Fsp3) is 0.389. The van der Waals surface area contributed by atoms with E-state index in [0.29, 0.717) is 16.9 Å². The zero-order valence-corrected chi connectivity index (χ0v) is 13.8. The molecule has 0 bridgehead atoms. The number of benzene rings is 1. The highest BCUT2D eigenvalue weighted by molar-refractivity contribution is 7.14. The molecule has 1 fully saturated rings. The zero-order chi connectivity index (χ0) is 17.2. The predicted octanol–water partition coefficient (Wildman–Crippen LogP) is 5.50. The standard InChI is InChI=1S/C18H18F3NOS/c19-18(20,21)16-14(12-7-3-1-4-8-12)11-15(24-16)17(23)22-13-9-5-2-6-10-13/h1,3-4,7-8,11,13H,2,5-6,9-10H2,(H,22,23). The van der Waals surface area contributed by atoms with E-state index in [1.807, 2.05) is 0 Å². The first-order valence-electron chi connectivity index (χ1n) is 8.02. The van der Waals surface area contributed by atoms with Crippen LogP contribution in [0.5, 0.6) is 0 Å². The number of carbonyl (C=O) groups is 1. The molecule has 1 aromatic heterocycles. The minimum absolute atomic E-state index is 0.0712. The molecule has 24 heavy (non-hydrogen) atoms. The number of halogens is 3. The zero-order valence-electron chi connectivity index (χ0n) is 13.0. The first kappa shape index (κ1) is 17.0. The van der Waals surface area contributed by atoms with E-state index in [9.17, 15) is 18.0 Å². The van der Waals surface area contributed by atoms with Crippen LogP contribution in [-0.2, 0) is 6.18 Å². The number of alkyl halides is 3. The third-order valence-electron chi connectivity index (χ3n) is 4.24. The summed E-state index contributed by atoms with van der Waals surface area (Å²) >= 11 is 0.521. The van der Waals surface area contributed by atoms with Crippen molar-refractivity contribution in [2.75, 3.05) is 0 Å². The van der Waals surface area contributed by atoms with E-state index in [-0.39, 0.29) is 16.5 Å². The number of rotatable bonds is 3. The largest absolute Gasteiger partial charge is 0.426 e. The van der Waals surface area contributed by atoms with Crippen LogP contribution in [-0.4, -0.2) is 11.9 Å². The number of thiophene rings is 1. The lowest BCUT2D eigenvalue weighted by Crippen LogP contribution is -2.35. The summed E-state index contributed by atoms with van der Waals surface area (Å²) in [5.74, 6) is -0.403. The van der Waals surface area contributed by atoms with Crippen LogP contribution in [0.1, 0.15) is 46.7 Å². The van der Waals surface area contributed by atoms with Gasteiger partial charge in [-0.05, 0) is 24.5 Å². The van der Waals surface area contributed by atoms with Crippen molar-refractivity contribution < 1.29 is 18.0 Å². The number of nitrogens with one attached hydrogen (secondary N) is 1. The van der Waals surface area contributed by atoms with Crippen molar-refractivity contribution in [3.63, 3.8) is 0 Å². The molecule has 0 saturated heterocycles. The van der Waals surface area contributed by atoms with E-state index >= 15 is 0 Å². The van der Waals surface area contributed by atoms with Crippen LogP contribution >= 0.6 is 11.3 Å². The van der Waals surface area contributed by atoms with Crippen molar-refractivity contribution in [2.24, 2.45) is 0 Å². The maximum absolute atomic E-state index is 13.3. The molecule has 0 radical (unpaired) electrons. The smallest absolute Gasteiger partial charge is 0.349 e. The van der Waals surface area contributed by atoms with Gasteiger partial charge >= 0.3 is 6.18 Å². The Hall–Kier alpha value is -1.82. The molecular formula is C18H18F3NOS. The molecule has 0 atom stereocenters. The minimum atomic E-state index is -4.47. The normalized spacial score (nSPS) is 16.1. The summed E-state index contributed by atoms with van der Waals surface area (Å²) in [7, 11) is 0. The Labute approximate surface area is 142 Å². The Balaban J connectivity index is 1.89. The highest BCUT2D eigenvalue weighted by Crippen LogP contribution is 2.42. The Kier molecular flexibility index (Phi) is 4.94. The van der Waals surface area contributed by atoms with Gasteiger partial charge in [-0.3, -0.25) is 4.79 Å². The van der Waals surface area contributed by atoms with Crippen LogP contribution in [0.25, 0.3) is 11.1 Å². The van der Waals surface area contributed by atoms with Gasteiger partial charge in [0.2, 0.25) is 0 Å². The van der Waals surface area contributed by atoms with Gasteiger partial charge in [0.25, 0.3) is 5.91 Å². The van der Waals surface area contributed by atoms with Gasteiger partial charge in [-0.1, -0.05) is 49.6 Å². The molecule has 6 heteroatoms. The summed E-state index contributed by atoms with van der Waals surface area (Å²) < 4.78 is 40.0. The Morgan fingerprint density at radius 2 is 1.75 bits per heavy atom. The molecule has 1 aliphatic rings. The lowest BCUT2D eigenvalue weighted by Gasteiger charge is -2.22. The van der Waals surface area contributed by atoms with E-state index in [2.05, 4.69) is 5.32 Å². The van der Waals surface area contributed by atoms with Gasteiger partial charge in [-0.25, -0.2) is 0 Å². The van der Waals surface area contributed by atoms with Crippen molar-refractivity contribution in [2.45, 2.75) is 44.3 Å². The summed E-state index contributed by atoms with van der Waals surface area (Å²) in [5.41, 5.74) is 0.541. The average Bonchev–Trinajstić information content (AvgIpc) is 3.02.